The fraction of sp³-hybridized carbons (Fsp3) is 0.857. The summed E-state index contributed by atoms with van der Waals surface area (Å²) in [5, 5.41) is 0. The van der Waals surface area contributed by atoms with Gasteiger partial charge in [0.05, 0.1) is 5.92 Å². The van der Waals surface area contributed by atoms with Crippen molar-refractivity contribution >= 4 is 11.8 Å². The number of hydrogen-bond donors (Lipinski definition) is 0. The molecule has 0 aromatic carbocycles. The van der Waals surface area contributed by atoms with Gasteiger partial charge in [0, 0.05) is 13.0 Å². The molecular weight excluding hydrogens is 232 g/mol. The Hall–Kier alpha value is -0.900. The van der Waals surface area contributed by atoms with E-state index in [1.165, 1.54) is 0 Å². The smallest absolute Gasteiger partial charge is 0.309 e. The van der Waals surface area contributed by atoms with Crippen molar-refractivity contribution in [2.75, 3.05) is 13.2 Å². The van der Waals surface area contributed by atoms with Gasteiger partial charge in [-0.3, -0.25) is 9.59 Å². The number of carbonyl (C=O) groups is 2. The molecule has 0 aromatic rings. The largest absolute Gasteiger partial charge is 0.460 e. The molecule has 0 bridgehead atoms. The van der Waals surface area contributed by atoms with E-state index >= 15 is 0 Å². The van der Waals surface area contributed by atoms with Gasteiger partial charge in [0.25, 0.3) is 0 Å². The molecule has 1 heterocycles. The molecule has 104 valence electrons. The standard InChI is InChI=1S/C14H24O4/c1-14(2,3)18-13(16)11-6-4-5-9-17-10-12(15)8-7-11/h11H,4-10H2,1-3H3. The van der Waals surface area contributed by atoms with Gasteiger partial charge < -0.3 is 9.47 Å². The highest BCUT2D eigenvalue weighted by Crippen LogP contribution is 2.21. The molecule has 0 spiro atoms. The summed E-state index contributed by atoms with van der Waals surface area (Å²) in [5.74, 6) is -0.242. The van der Waals surface area contributed by atoms with Crippen molar-refractivity contribution in [3.63, 3.8) is 0 Å². The lowest BCUT2D eigenvalue weighted by Gasteiger charge is -2.24. The van der Waals surface area contributed by atoms with Crippen molar-refractivity contribution in [1.82, 2.24) is 0 Å². The fourth-order valence-corrected chi connectivity index (χ4v) is 1.95. The lowest BCUT2D eigenvalue weighted by Crippen LogP contribution is -2.29. The van der Waals surface area contributed by atoms with Crippen LogP contribution >= 0.6 is 0 Å². The minimum absolute atomic E-state index is 0.0745. The maximum absolute atomic E-state index is 12.0. The lowest BCUT2D eigenvalue weighted by molar-refractivity contribution is -0.160. The molecule has 1 unspecified atom stereocenters. The fourth-order valence-electron chi connectivity index (χ4n) is 1.95. The van der Waals surface area contributed by atoms with Gasteiger partial charge in [-0.1, -0.05) is 6.42 Å². The SMILES string of the molecule is CC(C)(C)OC(=O)C1CCCCOCC(=O)CC1. The van der Waals surface area contributed by atoms with E-state index < -0.39 is 5.60 Å². The Morgan fingerprint density at radius 1 is 1.28 bits per heavy atom. The minimum atomic E-state index is -0.459. The number of carbonyl (C=O) groups excluding carboxylic acids is 2. The average Bonchev–Trinajstić information content (AvgIpc) is 2.25. The van der Waals surface area contributed by atoms with Gasteiger partial charge in [-0.25, -0.2) is 0 Å². The minimum Gasteiger partial charge on any atom is -0.460 e. The summed E-state index contributed by atoms with van der Waals surface area (Å²) in [6, 6.07) is 0. The highest BCUT2D eigenvalue weighted by atomic mass is 16.6. The lowest BCUT2D eigenvalue weighted by atomic mass is 9.95. The zero-order valence-corrected chi connectivity index (χ0v) is 11.7. The molecule has 4 nitrogen and oxygen atoms in total. The van der Waals surface area contributed by atoms with Crippen LogP contribution in [0.2, 0.25) is 0 Å². The summed E-state index contributed by atoms with van der Waals surface area (Å²) in [4.78, 5) is 23.5. The van der Waals surface area contributed by atoms with E-state index in [2.05, 4.69) is 0 Å². The van der Waals surface area contributed by atoms with Gasteiger partial charge >= 0.3 is 5.97 Å². The zero-order valence-electron chi connectivity index (χ0n) is 11.7. The van der Waals surface area contributed by atoms with Gasteiger partial charge in [-0.2, -0.15) is 0 Å². The zero-order chi connectivity index (χ0) is 13.6. The number of esters is 1. The molecule has 0 saturated carbocycles. The average molecular weight is 256 g/mol. The monoisotopic (exact) mass is 256 g/mol. The van der Waals surface area contributed by atoms with Crippen LogP contribution < -0.4 is 0 Å². The third-order valence-corrected chi connectivity index (χ3v) is 2.87. The topological polar surface area (TPSA) is 52.6 Å². The molecule has 0 aromatic heterocycles. The second-order valence-electron chi connectivity index (χ2n) is 5.86. The van der Waals surface area contributed by atoms with Crippen molar-refractivity contribution in [3.8, 4) is 0 Å². The van der Waals surface area contributed by atoms with Crippen LogP contribution in [0.4, 0.5) is 0 Å². The maximum atomic E-state index is 12.0. The van der Waals surface area contributed by atoms with Crippen LogP contribution in [0.1, 0.15) is 52.9 Å². The Morgan fingerprint density at radius 2 is 2.00 bits per heavy atom. The van der Waals surface area contributed by atoms with E-state index in [9.17, 15) is 9.59 Å². The van der Waals surface area contributed by atoms with Crippen LogP contribution in [-0.2, 0) is 19.1 Å². The third kappa shape index (κ3) is 6.15. The number of ketones is 1. The second-order valence-corrected chi connectivity index (χ2v) is 5.86. The molecule has 1 fully saturated rings. The molecule has 1 aliphatic heterocycles. The van der Waals surface area contributed by atoms with E-state index in [1.807, 2.05) is 20.8 Å². The van der Waals surface area contributed by atoms with E-state index in [0.717, 1.165) is 19.3 Å². The van der Waals surface area contributed by atoms with Crippen molar-refractivity contribution in [1.29, 1.82) is 0 Å². The summed E-state index contributed by atoms with van der Waals surface area (Å²) in [6.07, 6.45) is 3.61. The van der Waals surface area contributed by atoms with E-state index in [1.54, 1.807) is 0 Å². The van der Waals surface area contributed by atoms with Gasteiger partial charge in [0.15, 0.2) is 5.78 Å². The van der Waals surface area contributed by atoms with Crippen LogP contribution in [0.15, 0.2) is 0 Å². The quantitative estimate of drug-likeness (QED) is 0.676. The predicted octanol–water partition coefficient (Wildman–Crippen LogP) is 2.49. The first kappa shape index (κ1) is 15.2. The predicted molar refractivity (Wildman–Crippen MR) is 68.2 cm³/mol. The van der Waals surface area contributed by atoms with Gasteiger partial charge in [0.2, 0.25) is 0 Å². The Bertz CT molecular complexity index is 291. The van der Waals surface area contributed by atoms with Gasteiger partial charge in [-0.15, -0.1) is 0 Å². The van der Waals surface area contributed by atoms with Crippen LogP contribution in [-0.4, -0.2) is 30.6 Å². The van der Waals surface area contributed by atoms with Gasteiger partial charge in [-0.05, 0) is 40.0 Å². The molecule has 0 N–H and O–H groups in total. The number of ether oxygens (including phenoxy) is 2. The van der Waals surface area contributed by atoms with Crippen molar-refractivity contribution in [2.45, 2.75) is 58.5 Å². The van der Waals surface area contributed by atoms with Crippen LogP contribution in [0.3, 0.4) is 0 Å². The molecule has 1 aliphatic rings. The number of Topliss-reactive ketones (excluding diaryl/α,β-unsaturated/α-hetero) is 1. The first-order valence-electron chi connectivity index (χ1n) is 6.71. The first-order chi connectivity index (χ1) is 8.38. The van der Waals surface area contributed by atoms with E-state index in [-0.39, 0.29) is 24.3 Å². The molecule has 18 heavy (non-hydrogen) atoms. The summed E-state index contributed by atoms with van der Waals surface area (Å²) in [7, 11) is 0. The molecule has 4 heteroatoms. The summed E-state index contributed by atoms with van der Waals surface area (Å²) >= 11 is 0. The Kier molecular flexibility index (Phi) is 5.79. The van der Waals surface area contributed by atoms with Crippen LogP contribution in [0.25, 0.3) is 0 Å². The third-order valence-electron chi connectivity index (χ3n) is 2.87. The number of rotatable bonds is 1. The molecule has 0 aliphatic carbocycles. The number of hydrogen-bond acceptors (Lipinski definition) is 4. The molecule has 1 atom stereocenters. The highest BCUT2D eigenvalue weighted by Gasteiger charge is 2.25. The molecule has 0 amide bonds. The summed E-state index contributed by atoms with van der Waals surface area (Å²) in [6.45, 7) is 6.38. The Labute approximate surface area is 109 Å². The van der Waals surface area contributed by atoms with Gasteiger partial charge in [0.1, 0.15) is 12.2 Å². The first-order valence-corrected chi connectivity index (χ1v) is 6.71. The molecule has 1 rings (SSSR count). The summed E-state index contributed by atoms with van der Waals surface area (Å²) in [5.41, 5.74) is -0.459. The second kappa shape index (κ2) is 6.88. The van der Waals surface area contributed by atoms with Crippen molar-refractivity contribution in [2.24, 2.45) is 5.92 Å². The summed E-state index contributed by atoms with van der Waals surface area (Å²) < 4.78 is 10.6. The molecule has 0 radical (unpaired) electrons. The van der Waals surface area contributed by atoms with Crippen LogP contribution in [0, 0.1) is 5.92 Å². The molecular formula is C14H24O4. The van der Waals surface area contributed by atoms with Crippen molar-refractivity contribution < 1.29 is 19.1 Å². The van der Waals surface area contributed by atoms with E-state index in [0.29, 0.717) is 19.4 Å². The highest BCUT2D eigenvalue weighted by molar-refractivity contribution is 5.80. The Morgan fingerprint density at radius 3 is 2.67 bits per heavy atom. The normalized spacial score (nSPS) is 23.5. The Balaban J connectivity index is 2.54. The van der Waals surface area contributed by atoms with E-state index in [4.69, 9.17) is 9.47 Å². The van der Waals surface area contributed by atoms with Crippen LogP contribution in [0.5, 0.6) is 0 Å². The van der Waals surface area contributed by atoms with Crippen molar-refractivity contribution in [3.05, 3.63) is 0 Å². The maximum Gasteiger partial charge on any atom is 0.309 e. The molecule has 1 saturated heterocycles.